The number of pyridine rings is 2. The van der Waals surface area contributed by atoms with E-state index in [9.17, 15) is 18.0 Å². The Bertz CT molecular complexity index is 1120. The summed E-state index contributed by atoms with van der Waals surface area (Å²) in [6.07, 6.45) is 1.30. The highest BCUT2D eigenvalue weighted by molar-refractivity contribution is 7.10. The molecule has 1 amide bonds. The Labute approximate surface area is 172 Å². The lowest BCUT2D eigenvalue weighted by molar-refractivity contribution is -0.137. The minimum absolute atomic E-state index is 0.163. The third-order valence-electron chi connectivity index (χ3n) is 4.18. The van der Waals surface area contributed by atoms with E-state index in [0.717, 1.165) is 28.9 Å². The van der Waals surface area contributed by atoms with E-state index in [0.29, 0.717) is 11.4 Å². The molecule has 0 atom stereocenters. The van der Waals surface area contributed by atoms with Gasteiger partial charge >= 0.3 is 6.18 Å². The highest BCUT2D eigenvalue weighted by Crippen LogP contribution is 2.30. The zero-order valence-electron chi connectivity index (χ0n) is 15.4. The molecule has 0 saturated heterocycles. The normalized spacial score (nSPS) is 13.7. The molecule has 1 aliphatic rings. The highest BCUT2D eigenvalue weighted by atomic mass is 32.1. The second-order valence-electron chi connectivity index (χ2n) is 6.23. The van der Waals surface area contributed by atoms with Crippen LogP contribution in [0.15, 0.2) is 48.5 Å². The molecule has 3 N–H and O–H groups in total. The van der Waals surface area contributed by atoms with Crippen molar-refractivity contribution in [1.29, 1.82) is 0 Å². The first-order valence-corrected chi connectivity index (χ1v) is 9.42. The number of anilines is 2. The first-order valence-electron chi connectivity index (χ1n) is 8.54. The van der Waals surface area contributed by atoms with Gasteiger partial charge in [0.2, 0.25) is 0 Å². The number of hydrogen-bond acceptors (Lipinski definition) is 8. The van der Waals surface area contributed by atoms with Gasteiger partial charge in [0, 0.05) is 24.8 Å². The molecule has 0 saturated carbocycles. The Morgan fingerprint density at radius 3 is 2.80 bits per heavy atom. The van der Waals surface area contributed by atoms with Crippen LogP contribution in [0.3, 0.4) is 0 Å². The van der Waals surface area contributed by atoms with Gasteiger partial charge in [-0.1, -0.05) is 0 Å². The summed E-state index contributed by atoms with van der Waals surface area (Å²) in [5, 5.41) is 4.02. The standard InChI is InChI=1S/C18H14F3N7OS/c1-10-14(28-8-13(26-27-28)15-7-22-9-30-15)4-11(6-24-10)17(29)25-16-5-12(2-3-23-16)18(19,20)21/h2-9,26-27H,1H3,(H,23,25,29). The van der Waals surface area contributed by atoms with Gasteiger partial charge < -0.3 is 10.7 Å². The summed E-state index contributed by atoms with van der Waals surface area (Å²) in [5.74, 6) is -0.834. The number of amides is 1. The van der Waals surface area contributed by atoms with Crippen LogP contribution in [0.25, 0.3) is 5.70 Å². The third-order valence-corrected chi connectivity index (χ3v) is 4.98. The van der Waals surface area contributed by atoms with E-state index < -0.39 is 17.6 Å². The van der Waals surface area contributed by atoms with Crippen molar-refractivity contribution in [3.8, 4) is 0 Å². The lowest BCUT2D eigenvalue weighted by Crippen LogP contribution is -2.36. The van der Waals surface area contributed by atoms with Gasteiger partial charge in [0.1, 0.15) is 5.82 Å². The average Bonchev–Trinajstić information content (AvgIpc) is 3.40. The van der Waals surface area contributed by atoms with Crippen LogP contribution in [0, 0.1) is 6.92 Å². The van der Waals surface area contributed by atoms with Crippen LogP contribution in [-0.4, -0.2) is 20.9 Å². The quantitative estimate of drug-likeness (QED) is 0.581. The van der Waals surface area contributed by atoms with Crippen LogP contribution in [0.4, 0.5) is 24.7 Å². The molecule has 0 fully saturated rings. The van der Waals surface area contributed by atoms with Crippen LogP contribution in [0.1, 0.15) is 26.5 Å². The molecule has 0 bridgehead atoms. The second kappa shape index (κ2) is 7.72. The smallest absolute Gasteiger partial charge is 0.307 e. The predicted octanol–water partition coefficient (Wildman–Crippen LogP) is 3.34. The summed E-state index contributed by atoms with van der Waals surface area (Å²) in [6, 6.07) is 3.18. The average molecular weight is 433 g/mol. The van der Waals surface area contributed by atoms with Crippen molar-refractivity contribution < 1.29 is 18.0 Å². The Balaban J connectivity index is 1.56. The SMILES string of the molecule is Cc1ncc(C(=O)Nc2cc(C(F)(F)F)ccn2)cc1N1C=C(c2cncs2)NN1. The summed E-state index contributed by atoms with van der Waals surface area (Å²) < 4.78 is 38.6. The van der Waals surface area contributed by atoms with Crippen molar-refractivity contribution in [2.24, 2.45) is 0 Å². The number of aryl methyl sites for hydroxylation is 1. The van der Waals surface area contributed by atoms with Crippen LogP contribution >= 0.6 is 11.3 Å². The number of nitrogens with zero attached hydrogens (tertiary/aromatic N) is 4. The molecule has 0 aliphatic carbocycles. The molecule has 3 aromatic rings. The first kappa shape index (κ1) is 19.8. The third kappa shape index (κ3) is 4.09. The molecule has 154 valence electrons. The van der Waals surface area contributed by atoms with Crippen LogP contribution in [0.2, 0.25) is 0 Å². The van der Waals surface area contributed by atoms with Gasteiger partial charge in [-0.2, -0.15) is 13.2 Å². The number of carbonyl (C=O) groups excluding carboxylic acids is 1. The fourth-order valence-electron chi connectivity index (χ4n) is 2.67. The zero-order chi connectivity index (χ0) is 21.3. The fourth-order valence-corrected chi connectivity index (χ4v) is 3.26. The van der Waals surface area contributed by atoms with Gasteiger partial charge in [0.25, 0.3) is 5.91 Å². The molecule has 3 aromatic heterocycles. The minimum Gasteiger partial charge on any atom is -0.307 e. The Hall–Kier alpha value is -3.51. The predicted molar refractivity (Wildman–Crippen MR) is 105 cm³/mol. The Kier molecular flexibility index (Phi) is 5.10. The monoisotopic (exact) mass is 433 g/mol. The highest BCUT2D eigenvalue weighted by Gasteiger charge is 2.31. The van der Waals surface area contributed by atoms with Crippen molar-refractivity contribution in [2.75, 3.05) is 10.3 Å². The van der Waals surface area contributed by atoms with Crippen LogP contribution in [0.5, 0.6) is 0 Å². The number of hydrazine groups is 2. The lowest BCUT2D eigenvalue weighted by Gasteiger charge is -2.18. The van der Waals surface area contributed by atoms with Gasteiger partial charge in [-0.3, -0.25) is 19.8 Å². The van der Waals surface area contributed by atoms with Gasteiger partial charge in [0.05, 0.1) is 38.6 Å². The number of carbonyl (C=O) groups is 1. The van der Waals surface area contributed by atoms with E-state index in [-0.39, 0.29) is 11.4 Å². The number of nitrogens with one attached hydrogen (secondary N) is 3. The van der Waals surface area contributed by atoms with Crippen molar-refractivity contribution in [1.82, 2.24) is 25.9 Å². The number of hydrogen-bond donors (Lipinski definition) is 3. The second-order valence-corrected chi connectivity index (χ2v) is 7.11. The molecular weight excluding hydrogens is 419 g/mol. The number of aromatic nitrogens is 3. The Morgan fingerprint density at radius 1 is 1.23 bits per heavy atom. The van der Waals surface area contributed by atoms with E-state index in [1.165, 1.54) is 17.5 Å². The summed E-state index contributed by atoms with van der Waals surface area (Å²) in [5.41, 5.74) is 8.95. The number of thiazole rings is 1. The Morgan fingerprint density at radius 2 is 2.07 bits per heavy atom. The molecule has 12 heteroatoms. The number of alkyl halides is 3. The van der Waals surface area contributed by atoms with E-state index in [2.05, 4.69) is 31.2 Å². The molecule has 8 nitrogen and oxygen atoms in total. The maximum atomic E-state index is 12.9. The summed E-state index contributed by atoms with van der Waals surface area (Å²) in [4.78, 5) is 25.5. The van der Waals surface area contributed by atoms with Gasteiger partial charge in [-0.15, -0.1) is 16.9 Å². The fraction of sp³-hybridized carbons (Fsp3) is 0.111. The molecule has 1 aliphatic heterocycles. The lowest BCUT2D eigenvalue weighted by atomic mass is 10.2. The number of rotatable bonds is 4. The van der Waals surface area contributed by atoms with Crippen molar-refractivity contribution >= 4 is 34.4 Å². The maximum Gasteiger partial charge on any atom is 0.416 e. The van der Waals surface area contributed by atoms with E-state index in [4.69, 9.17) is 0 Å². The molecule has 0 unspecified atom stereocenters. The van der Waals surface area contributed by atoms with E-state index in [1.807, 2.05) is 0 Å². The summed E-state index contributed by atoms with van der Waals surface area (Å²) >= 11 is 1.46. The van der Waals surface area contributed by atoms with Crippen molar-refractivity contribution in [2.45, 2.75) is 13.1 Å². The zero-order valence-corrected chi connectivity index (χ0v) is 16.2. The molecule has 4 heterocycles. The van der Waals surface area contributed by atoms with E-state index in [1.54, 1.807) is 35.9 Å². The topological polar surface area (TPSA) is 95.1 Å². The number of halogens is 3. The minimum atomic E-state index is -4.53. The van der Waals surface area contributed by atoms with Gasteiger partial charge in [-0.25, -0.2) is 4.98 Å². The molecule has 30 heavy (non-hydrogen) atoms. The summed E-state index contributed by atoms with van der Waals surface area (Å²) in [6.45, 7) is 1.77. The van der Waals surface area contributed by atoms with Gasteiger partial charge in [0.15, 0.2) is 0 Å². The van der Waals surface area contributed by atoms with Crippen LogP contribution in [-0.2, 0) is 6.18 Å². The first-order chi connectivity index (χ1) is 14.3. The van der Waals surface area contributed by atoms with Gasteiger partial charge in [-0.05, 0) is 25.1 Å². The molecule has 0 aromatic carbocycles. The summed E-state index contributed by atoms with van der Waals surface area (Å²) in [7, 11) is 0. The molecule has 0 spiro atoms. The van der Waals surface area contributed by atoms with Crippen LogP contribution < -0.4 is 21.3 Å². The molecule has 4 rings (SSSR count). The molecule has 0 radical (unpaired) electrons. The van der Waals surface area contributed by atoms with E-state index >= 15 is 0 Å². The molecular formula is C18H14F3N7OS. The largest absolute Gasteiger partial charge is 0.416 e. The maximum absolute atomic E-state index is 12.9. The van der Waals surface area contributed by atoms with Crippen molar-refractivity contribution in [3.05, 3.63) is 70.2 Å². The van der Waals surface area contributed by atoms with Crippen molar-refractivity contribution in [3.63, 3.8) is 0 Å².